The predicted octanol–water partition coefficient (Wildman–Crippen LogP) is 4.56. The molecule has 0 radical (unpaired) electrons. The summed E-state index contributed by atoms with van der Waals surface area (Å²) in [5, 5.41) is 0.496. The summed E-state index contributed by atoms with van der Waals surface area (Å²) in [6, 6.07) is 9.86. The fourth-order valence-electron chi connectivity index (χ4n) is 5.21. The Morgan fingerprint density at radius 1 is 1.12 bits per heavy atom. The highest BCUT2D eigenvalue weighted by Gasteiger charge is 2.46. The molecule has 1 amide bonds. The summed E-state index contributed by atoms with van der Waals surface area (Å²) in [5.41, 5.74) is 3.04. The number of piperidine rings is 1. The second-order valence-electron chi connectivity index (χ2n) is 9.59. The number of benzene rings is 1. The summed E-state index contributed by atoms with van der Waals surface area (Å²) in [6.07, 6.45) is 4.83. The lowest BCUT2D eigenvalue weighted by Crippen LogP contribution is -2.53. The summed E-state index contributed by atoms with van der Waals surface area (Å²) >= 11 is 5.99. The molecule has 2 aromatic rings. The van der Waals surface area contributed by atoms with Gasteiger partial charge in [0.25, 0.3) is 0 Å². The summed E-state index contributed by atoms with van der Waals surface area (Å²) in [7, 11) is -3.74. The van der Waals surface area contributed by atoms with E-state index < -0.39 is 16.1 Å². The molecule has 1 aromatic carbocycles. The van der Waals surface area contributed by atoms with Crippen molar-refractivity contribution >= 4 is 27.7 Å². The second kappa shape index (κ2) is 9.47. The highest BCUT2D eigenvalue weighted by atomic mass is 35.5. The van der Waals surface area contributed by atoms with Crippen LogP contribution in [0.2, 0.25) is 5.02 Å². The molecule has 0 N–H and O–H groups in total. The van der Waals surface area contributed by atoms with Crippen LogP contribution in [-0.2, 0) is 27.7 Å². The van der Waals surface area contributed by atoms with E-state index in [0.717, 1.165) is 42.6 Å². The minimum Gasteiger partial charge on any atom is -0.448 e. The number of nitrogens with zero attached hydrogens (tertiary/aromatic N) is 3. The van der Waals surface area contributed by atoms with Crippen molar-refractivity contribution in [3.8, 4) is 0 Å². The van der Waals surface area contributed by atoms with Gasteiger partial charge in [-0.2, -0.15) is 4.31 Å². The molecule has 3 aliphatic rings. The zero-order valence-electron chi connectivity index (χ0n) is 19.3. The van der Waals surface area contributed by atoms with Crippen LogP contribution in [0.15, 0.2) is 41.3 Å². The predicted molar refractivity (Wildman–Crippen MR) is 129 cm³/mol. The molecule has 34 heavy (non-hydrogen) atoms. The molecule has 9 heteroatoms. The van der Waals surface area contributed by atoms with Crippen molar-refractivity contribution in [3.63, 3.8) is 0 Å². The van der Waals surface area contributed by atoms with E-state index in [1.54, 1.807) is 33.5 Å². The van der Waals surface area contributed by atoms with Gasteiger partial charge in [0.15, 0.2) is 0 Å². The van der Waals surface area contributed by atoms with Gasteiger partial charge < -0.3 is 9.64 Å². The van der Waals surface area contributed by atoms with E-state index in [-0.39, 0.29) is 23.6 Å². The molecule has 182 valence electrons. The Hall–Kier alpha value is -2.16. The van der Waals surface area contributed by atoms with Crippen LogP contribution in [0.3, 0.4) is 0 Å². The van der Waals surface area contributed by atoms with E-state index in [9.17, 15) is 13.2 Å². The lowest BCUT2D eigenvalue weighted by atomic mass is 9.96. The van der Waals surface area contributed by atoms with Crippen LogP contribution < -0.4 is 0 Å². The third kappa shape index (κ3) is 4.81. The molecule has 3 heterocycles. The van der Waals surface area contributed by atoms with Crippen LogP contribution in [0.25, 0.3) is 0 Å². The number of rotatable bonds is 5. The number of aryl methyl sites for hydroxylation is 1. The number of ether oxygens (including phenoxy) is 1. The maximum absolute atomic E-state index is 13.7. The topological polar surface area (TPSA) is 79.8 Å². The molecular weight excluding hydrogens is 474 g/mol. The number of amides is 1. The Labute approximate surface area is 206 Å². The summed E-state index contributed by atoms with van der Waals surface area (Å²) in [4.78, 5) is 19.4. The molecule has 1 saturated carbocycles. The fourth-order valence-corrected chi connectivity index (χ4v) is 7.25. The number of fused-ring (bicyclic) bond motifs is 1. The molecule has 2 aliphatic heterocycles. The van der Waals surface area contributed by atoms with E-state index in [2.05, 4.69) is 4.98 Å². The van der Waals surface area contributed by atoms with Gasteiger partial charge >= 0.3 is 6.09 Å². The van der Waals surface area contributed by atoms with Crippen LogP contribution in [0.1, 0.15) is 49.1 Å². The molecule has 0 bridgehead atoms. The molecule has 0 spiro atoms. The van der Waals surface area contributed by atoms with Gasteiger partial charge in [0.2, 0.25) is 10.0 Å². The van der Waals surface area contributed by atoms with Crippen molar-refractivity contribution < 1.29 is 17.9 Å². The van der Waals surface area contributed by atoms with Gasteiger partial charge in [0.05, 0.1) is 17.5 Å². The Bertz CT molecular complexity index is 1170. The number of carbonyl (C=O) groups is 1. The van der Waals surface area contributed by atoms with Gasteiger partial charge in [-0.05, 0) is 74.4 Å². The van der Waals surface area contributed by atoms with Gasteiger partial charge in [-0.25, -0.2) is 13.2 Å². The van der Waals surface area contributed by atoms with Crippen molar-refractivity contribution in [1.29, 1.82) is 0 Å². The van der Waals surface area contributed by atoms with E-state index in [1.165, 1.54) is 0 Å². The average molecular weight is 504 g/mol. The lowest BCUT2D eigenvalue weighted by molar-refractivity contribution is 0.0561. The number of pyridine rings is 1. The first-order chi connectivity index (χ1) is 16.3. The second-order valence-corrected chi connectivity index (χ2v) is 11.9. The molecule has 1 unspecified atom stereocenters. The third-order valence-electron chi connectivity index (χ3n) is 7.12. The van der Waals surface area contributed by atoms with Gasteiger partial charge in [-0.3, -0.25) is 4.98 Å². The standard InChI is InChI=1S/C25H30ClN3O4S/c1-17-5-6-19-15-28(14-13-23(19)27-17)25(30)33-16-21-3-2-4-24(18-7-8-18)29(21)34(31,32)22-11-9-20(26)10-12-22/h5-6,9-12,18,21,24H,2-4,7-8,13-16H2,1H3/t21-,24?/m1/s1. The Morgan fingerprint density at radius 3 is 2.62 bits per heavy atom. The molecular formula is C25H30ClN3O4S. The minimum absolute atomic E-state index is 0.0469. The normalized spacial score (nSPS) is 23.4. The first kappa shape index (κ1) is 23.6. The smallest absolute Gasteiger partial charge is 0.410 e. The van der Waals surface area contributed by atoms with Crippen molar-refractivity contribution in [2.24, 2.45) is 5.92 Å². The Kier molecular flexibility index (Phi) is 6.57. The Balaban J connectivity index is 1.31. The largest absolute Gasteiger partial charge is 0.448 e. The minimum atomic E-state index is -3.74. The highest BCUT2D eigenvalue weighted by molar-refractivity contribution is 7.89. The quantitative estimate of drug-likeness (QED) is 0.597. The first-order valence-corrected chi connectivity index (χ1v) is 13.8. The van der Waals surface area contributed by atoms with Crippen molar-refractivity contribution in [2.45, 2.75) is 69.0 Å². The Morgan fingerprint density at radius 2 is 1.88 bits per heavy atom. The maximum atomic E-state index is 13.7. The monoisotopic (exact) mass is 503 g/mol. The lowest BCUT2D eigenvalue weighted by Gasteiger charge is -2.41. The number of hydrogen-bond acceptors (Lipinski definition) is 5. The summed E-state index contributed by atoms with van der Waals surface area (Å²) in [5.74, 6) is 0.384. The molecule has 2 fully saturated rings. The highest BCUT2D eigenvalue weighted by Crippen LogP contribution is 2.43. The van der Waals surface area contributed by atoms with Crippen LogP contribution >= 0.6 is 11.6 Å². The molecule has 1 aromatic heterocycles. The number of halogens is 1. The van der Waals surface area contributed by atoms with Gasteiger partial charge in [0.1, 0.15) is 6.61 Å². The zero-order chi connectivity index (χ0) is 23.9. The van der Waals surface area contributed by atoms with E-state index in [0.29, 0.717) is 36.9 Å². The van der Waals surface area contributed by atoms with E-state index >= 15 is 0 Å². The van der Waals surface area contributed by atoms with Gasteiger partial charge in [-0.1, -0.05) is 24.1 Å². The van der Waals surface area contributed by atoms with Gasteiger partial charge in [0, 0.05) is 35.4 Å². The molecule has 1 saturated heterocycles. The molecule has 5 rings (SSSR count). The summed E-state index contributed by atoms with van der Waals surface area (Å²) < 4.78 is 34.7. The maximum Gasteiger partial charge on any atom is 0.410 e. The average Bonchev–Trinajstić information content (AvgIpc) is 3.67. The SMILES string of the molecule is Cc1ccc2c(n1)CCN(C(=O)OC[C@H]1CCCC(C3CC3)N1S(=O)(=O)c1ccc(Cl)cc1)C2. The van der Waals surface area contributed by atoms with E-state index in [4.69, 9.17) is 16.3 Å². The number of aromatic nitrogens is 1. The van der Waals surface area contributed by atoms with Crippen molar-refractivity contribution in [1.82, 2.24) is 14.2 Å². The van der Waals surface area contributed by atoms with Crippen molar-refractivity contribution in [3.05, 3.63) is 58.4 Å². The van der Waals surface area contributed by atoms with Crippen LogP contribution in [0, 0.1) is 12.8 Å². The van der Waals surface area contributed by atoms with Crippen LogP contribution in [-0.4, -0.2) is 53.9 Å². The molecule has 7 nitrogen and oxygen atoms in total. The number of carbonyl (C=O) groups excluding carboxylic acids is 1. The number of sulfonamides is 1. The van der Waals surface area contributed by atoms with Crippen molar-refractivity contribution in [2.75, 3.05) is 13.2 Å². The molecule has 2 atom stereocenters. The van der Waals surface area contributed by atoms with Gasteiger partial charge in [-0.15, -0.1) is 0 Å². The van der Waals surface area contributed by atoms with E-state index in [1.807, 2.05) is 19.1 Å². The number of hydrogen-bond donors (Lipinski definition) is 0. The summed E-state index contributed by atoms with van der Waals surface area (Å²) in [6.45, 7) is 3.03. The van der Waals surface area contributed by atoms with Crippen LogP contribution in [0.4, 0.5) is 4.79 Å². The molecule has 1 aliphatic carbocycles. The van der Waals surface area contributed by atoms with Crippen LogP contribution in [0.5, 0.6) is 0 Å². The third-order valence-corrected chi connectivity index (χ3v) is 9.37. The zero-order valence-corrected chi connectivity index (χ0v) is 20.9. The fraction of sp³-hybridized carbons (Fsp3) is 0.520. The first-order valence-electron chi connectivity index (χ1n) is 12.0.